The fourth-order valence-corrected chi connectivity index (χ4v) is 2.48. The summed E-state index contributed by atoms with van der Waals surface area (Å²) in [4.78, 5) is 47.9. The van der Waals surface area contributed by atoms with Crippen LogP contribution in [0.4, 0.5) is 0 Å². The second-order valence-corrected chi connectivity index (χ2v) is 5.90. The number of carbonyl (C=O) groups is 2. The molecule has 0 saturated carbocycles. The van der Waals surface area contributed by atoms with E-state index in [-0.39, 0.29) is 11.7 Å². The Morgan fingerprint density at radius 2 is 1.17 bits per heavy atom. The minimum absolute atomic E-state index is 0.0381. The Morgan fingerprint density at radius 3 is 1.59 bits per heavy atom. The van der Waals surface area contributed by atoms with Gasteiger partial charge in [-0.05, 0) is 24.3 Å². The van der Waals surface area contributed by atoms with Crippen molar-refractivity contribution >= 4 is 23.6 Å². The molecule has 4 rings (SSSR count). The molecule has 0 bridgehead atoms. The highest BCUT2D eigenvalue weighted by molar-refractivity contribution is 6.40. The fourth-order valence-electron chi connectivity index (χ4n) is 2.48. The third kappa shape index (κ3) is 4.38. The van der Waals surface area contributed by atoms with Crippen LogP contribution < -0.4 is 21.9 Å². The highest BCUT2D eigenvalue weighted by Gasteiger charge is 2.34. The highest BCUT2D eigenvalue weighted by Crippen LogP contribution is 2.10. The maximum Gasteiger partial charge on any atom is 0.362 e. The first-order valence-electron chi connectivity index (χ1n) is 8.58. The number of nitrogens with zero attached hydrogens (tertiary/aromatic N) is 2. The summed E-state index contributed by atoms with van der Waals surface area (Å²) in [5.74, 6) is -1.16. The Labute approximate surface area is 164 Å². The molecule has 0 spiro atoms. The monoisotopic (exact) mass is 396 g/mol. The van der Waals surface area contributed by atoms with Crippen molar-refractivity contribution in [3.8, 4) is 0 Å². The van der Waals surface area contributed by atoms with Gasteiger partial charge >= 0.3 is 11.9 Å². The average Bonchev–Trinajstić information content (AvgIpc) is 3.24. The standard InChI is InChI=1S/C18H16N6O5/c25-17(11-7-3-1-4-8-11)27-21-13-14(20-16-15(19-13)23-29-24-16)22-28-18(26)12-9-5-2-6-10-12/h1-10,15-16,23-24H,(H,19,21)(H,20,22). The van der Waals surface area contributed by atoms with E-state index in [9.17, 15) is 9.59 Å². The zero-order valence-electron chi connectivity index (χ0n) is 14.9. The van der Waals surface area contributed by atoms with E-state index in [0.29, 0.717) is 11.1 Å². The number of carbonyl (C=O) groups excluding carboxylic acids is 2. The van der Waals surface area contributed by atoms with Crippen LogP contribution in [0.3, 0.4) is 0 Å². The lowest BCUT2D eigenvalue weighted by atomic mass is 10.2. The Hall–Kier alpha value is -3.80. The fraction of sp³-hybridized carbons (Fsp3) is 0.111. The number of fused-ring (bicyclic) bond motifs is 1. The summed E-state index contributed by atoms with van der Waals surface area (Å²) in [6.07, 6.45) is -1.13. The van der Waals surface area contributed by atoms with Crippen LogP contribution in [0, 0.1) is 0 Å². The zero-order chi connectivity index (χ0) is 20.1. The van der Waals surface area contributed by atoms with Crippen LogP contribution in [0.15, 0.2) is 70.6 Å². The maximum atomic E-state index is 12.1. The predicted molar refractivity (Wildman–Crippen MR) is 99.8 cm³/mol. The molecular formula is C18H16N6O5. The van der Waals surface area contributed by atoms with Gasteiger partial charge in [-0.15, -0.1) is 0 Å². The molecule has 1 fully saturated rings. The van der Waals surface area contributed by atoms with E-state index in [4.69, 9.17) is 14.6 Å². The molecule has 2 aliphatic rings. The molecule has 2 atom stereocenters. The molecular weight excluding hydrogens is 380 g/mol. The number of hydroxylamine groups is 4. The number of aliphatic imine (C=N–C) groups is 2. The number of hydrogen-bond donors (Lipinski definition) is 4. The molecule has 0 aliphatic carbocycles. The molecule has 2 aromatic carbocycles. The minimum Gasteiger partial charge on any atom is -0.336 e. The number of nitrogens with one attached hydrogen (secondary N) is 4. The third-order valence-electron chi connectivity index (χ3n) is 3.92. The molecule has 0 radical (unpaired) electrons. The van der Waals surface area contributed by atoms with E-state index in [0.717, 1.165) is 0 Å². The van der Waals surface area contributed by atoms with Crippen LogP contribution in [0.5, 0.6) is 0 Å². The summed E-state index contributed by atoms with van der Waals surface area (Å²) in [5.41, 5.74) is 10.8. The molecule has 29 heavy (non-hydrogen) atoms. The van der Waals surface area contributed by atoms with E-state index in [1.165, 1.54) is 0 Å². The number of amidine groups is 2. The molecule has 2 heterocycles. The lowest BCUT2D eigenvalue weighted by Crippen LogP contribution is -2.49. The smallest absolute Gasteiger partial charge is 0.336 e. The van der Waals surface area contributed by atoms with Crippen molar-refractivity contribution < 1.29 is 24.2 Å². The molecule has 0 amide bonds. The van der Waals surface area contributed by atoms with Crippen molar-refractivity contribution in [1.29, 1.82) is 0 Å². The van der Waals surface area contributed by atoms with Crippen LogP contribution in [0.25, 0.3) is 0 Å². The van der Waals surface area contributed by atoms with Gasteiger partial charge in [-0.2, -0.15) is 21.9 Å². The van der Waals surface area contributed by atoms with Crippen LogP contribution in [-0.4, -0.2) is 35.9 Å². The first kappa shape index (κ1) is 18.6. The number of benzene rings is 2. The Bertz CT molecular complexity index is 872. The molecule has 2 aliphatic heterocycles. The normalized spacial score (nSPS) is 20.0. The van der Waals surface area contributed by atoms with E-state index in [2.05, 4.69) is 31.9 Å². The number of rotatable bonds is 2. The Balaban J connectivity index is 1.43. The van der Waals surface area contributed by atoms with Gasteiger partial charge in [0.05, 0.1) is 11.1 Å². The SMILES string of the molecule is O=C(ONC1=NC2NONC2N=C1NOC(=O)c1ccccc1)c1ccccc1. The van der Waals surface area contributed by atoms with Gasteiger partial charge in [0, 0.05) is 0 Å². The lowest BCUT2D eigenvalue weighted by Gasteiger charge is -2.21. The van der Waals surface area contributed by atoms with Gasteiger partial charge < -0.3 is 9.68 Å². The zero-order valence-corrected chi connectivity index (χ0v) is 14.9. The maximum absolute atomic E-state index is 12.1. The van der Waals surface area contributed by atoms with Crippen LogP contribution >= 0.6 is 0 Å². The van der Waals surface area contributed by atoms with Crippen molar-refractivity contribution in [3.63, 3.8) is 0 Å². The average molecular weight is 396 g/mol. The molecule has 148 valence electrons. The second kappa shape index (κ2) is 8.48. The highest BCUT2D eigenvalue weighted by atomic mass is 16.8. The Morgan fingerprint density at radius 1 is 0.759 bits per heavy atom. The molecule has 0 aromatic heterocycles. The third-order valence-corrected chi connectivity index (χ3v) is 3.92. The topological polar surface area (TPSA) is 135 Å². The second-order valence-electron chi connectivity index (χ2n) is 5.90. The summed E-state index contributed by atoms with van der Waals surface area (Å²) < 4.78 is 0. The molecule has 2 unspecified atom stereocenters. The van der Waals surface area contributed by atoms with E-state index in [1.807, 2.05) is 0 Å². The molecule has 1 saturated heterocycles. The van der Waals surface area contributed by atoms with Crippen molar-refractivity contribution in [1.82, 2.24) is 21.9 Å². The summed E-state index contributed by atoms with van der Waals surface area (Å²) in [6, 6.07) is 16.8. The van der Waals surface area contributed by atoms with Crippen molar-refractivity contribution in [2.24, 2.45) is 9.98 Å². The first-order chi connectivity index (χ1) is 14.2. The van der Waals surface area contributed by atoms with E-state index in [1.54, 1.807) is 60.7 Å². The van der Waals surface area contributed by atoms with Crippen molar-refractivity contribution in [2.75, 3.05) is 0 Å². The van der Waals surface area contributed by atoms with Gasteiger partial charge in [0.1, 0.15) is 0 Å². The molecule has 4 N–H and O–H groups in total. The van der Waals surface area contributed by atoms with Gasteiger partial charge in [0.2, 0.25) is 11.7 Å². The van der Waals surface area contributed by atoms with Gasteiger partial charge in [-0.3, -0.25) is 0 Å². The van der Waals surface area contributed by atoms with Crippen molar-refractivity contribution in [2.45, 2.75) is 12.3 Å². The van der Waals surface area contributed by atoms with Gasteiger partial charge in [0.25, 0.3) is 0 Å². The molecule has 11 nitrogen and oxygen atoms in total. The van der Waals surface area contributed by atoms with Gasteiger partial charge in [-0.25, -0.2) is 24.5 Å². The first-order valence-corrected chi connectivity index (χ1v) is 8.58. The van der Waals surface area contributed by atoms with Crippen molar-refractivity contribution in [3.05, 3.63) is 71.8 Å². The number of hydrogen-bond acceptors (Lipinski definition) is 11. The summed E-state index contributed by atoms with van der Waals surface area (Å²) in [6.45, 7) is 0. The summed E-state index contributed by atoms with van der Waals surface area (Å²) in [5, 5.41) is 0. The van der Waals surface area contributed by atoms with E-state index < -0.39 is 24.3 Å². The largest absolute Gasteiger partial charge is 0.362 e. The van der Waals surface area contributed by atoms with Gasteiger partial charge in [-0.1, -0.05) is 36.4 Å². The lowest BCUT2D eigenvalue weighted by molar-refractivity contribution is 0.00995. The Kier molecular flexibility index (Phi) is 5.42. The summed E-state index contributed by atoms with van der Waals surface area (Å²) >= 11 is 0. The predicted octanol–water partition coefficient (Wildman–Crippen LogP) is 0.212. The molecule has 11 heteroatoms. The van der Waals surface area contributed by atoms with Crippen LogP contribution in [0.1, 0.15) is 20.7 Å². The van der Waals surface area contributed by atoms with Crippen LogP contribution in [0.2, 0.25) is 0 Å². The quantitative estimate of drug-likeness (QED) is 0.526. The summed E-state index contributed by atoms with van der Waals surface area (Å²) in [7, 11) is 0. The molecule has 2 aromatic rings. The van der Waals surface area contributed by atoms with Crippen LogP contribution in [-0.2, 0) is 14.6 Å². The van der Waals surface area contributed by atoms with E-state index >= 15 is 0 Å². The minimum atomic E-state index is -0.621. The van der Waals surface area contributed by atoms with Gasteiger partial charge in [0.15, 0.2) is 12.3 Å².